The summed E-state index contributed by atoms with van der Waals surface area (Å²) in [5, 5.41) is 3.73. The summed E-state index contributed by atoms with van der Waals surface area (Å²) in [5.74, 6) is 0.499. The van der Waals surface area contributed by atoms with Crippen molar-refractivity contribution >= 4 is 11.3 Å². The Morgan fingerprint density at radius 3 is 2.80 bits per heavy atom. The van der Waals surface area contributed by atoms with Crippen LogP contribution in [0.2, 0.25) is 0 Å². The van der Waals surface area contributed by atoms with E-state index in [9.17, 15) is 0 Å². The molecule has 0 saturated carbocycles. The van der Waals surface area contributed by atoms with Gasteiger partial charge in [-0.3, -0.25) is 0 Å². The number of fused-ring (bicyclic) bond motifs is 6. The van der Waals surface area contributed by atoms with E-state index in [1.165, 1.54) is 28.0 Å². The summed E-state index contributed by atoms with van der Waals surface area (Å²) >= 11 is 0. The van der Waals surface area contributed by atoms with E-state index in [-0.39, 0.29) is 0 Å². The first-order valence-electron chi connectivity index (χ1n) is 7.27. The van der Waals surface area contributed by atoms with Crippen LogP contribution in [0.3, 0.4) is 0 Å². The van der Waals surface area contributed by atoms with Crippen molar-refractivity contribution in [3.8, 4) is 0 Å². The fourth-order valence-corrected chi connectivity index (χ4v) is 3.96. The molecule has 1 nitrogen and oxygen atoms in total. The van der Waals surface area contributed by atoms with E-state index >= 15 is 0 Å². The zero-order valence-electron chi connectivity index (χ0n) is 11.1. The summed E-state index contributed by atoms with van der Waals surface area (Å²) in [6.07, 6.45) is 5.81. The Morgan fingerprint density at radius 1 is 0.950 bits per heavy atom. The molecule has 1 aliphatic heterocycles. The van der Waals surface area contributed by atoms with E-state index < -0.39 is 0 Å². The molecule has 0 amide bonds. The minimum absolute atomic E-state index is 0.444. The van der Waals surface area contributed by atoms with Crippen molar-refractivity contribution in [2.75, 3.05) is 5.32 Å². The van der Waals surface area contributed by atoms with Crippen molar-refractivity contribution in [2.24, 2.45) is 0 Å². The van der Waals surface area contributed by atoms with E-state index in [0.717, 1.165) is 6.42 Å². The number of anilines is 1. The molecule has 0 fully saturated rings. The number of allylic oxidation sites excluding steroid dienone is 2. The van der Waals surface area contributed by atoms with Gasteiger partial charge in [-0.1, -0.05) is 54.6 Å². The molecule has 1 heteroatoms. The zero-order chi connectivity index (χ0) is 13.1. The highest BCUT2D eigenvalue weighted by molar-refractivity contribution is 5.87. The standard InChI is InChI=1S/C19H15N/c1-2-6-13-12(5-1)11-17-14(13)9-10-16-15-7-3-4-8-18(15)20-19(16)17/h1-10,16,19-20H,11H2. The maximum absolute atomic E-state index is 3.73. The zero-order valence-corrected chi connectivity index (χ0v) is 11.1. The molecule has 5 rings (SSSR count). The molecule has 20 heavy (non-hydrogen) atoms. The molecule has 2 atom stereocenters. The third kappa shape index (κ3) is 1.23. The summed E-state index contributed by atoms with van der Waals surface area (Å²) in [4.78, 5) is 0. The first-order valence-corrected chi connectivity index (χ1v) is 7.27. The summed E-state index contributed by atoms with van der Waals surface area (Å²) in [5.41, 5.74) is 8.65. The topological polar surface area (TPSA) is 12.0 Å². The van der Waals surface area contributed by atoms with Gasteiger partial charge in [0.2, 0.25) is 0 Å². The Bertz CT molecular complexity index is 782. The third-order valence-corrected chi connectivity index (χ3v) is 4.87. The lowest BCUT2D eigenvalue weighted by atomic mass is 9.83. The highest BCUT2D eigenvalue weighted by atomic mass is 15.0. The molecular weight excluding hydrogens is 242 g/mol. The predicted octanol–water partition coefficient (Wildman–Crippen LogP) is 4.14. The van der Waals surface area contributed by atoms with Crippen molar-refractivity contribution in [2.45, 2.75) is 18.4 Å². The lowest BCUT2D eigenvalue weighted by molar-refractivity contribution is 0.752. The summed E-state index contributed by atoms with van der Waals surface area (Å²) in [6.45, 7) is 0. The van der Waals surface area contributed by atoms with E-state index in [1.807, 2.05) is 0 Å². The molecule has 3 aliphatic rings. The van der Waals surface area contributed by atoms with Crippen LogP contribution in [0, 0.1) is 0 Å². The number of hydrogen-bond donors (Lipinski definition) is 1. The fraction of sp³-hybridized carbons (Fsp3) is 0.158. The van der Waals surface area contributed by atoms with Crippen LogP contribution in [0.25, 0.3) is 5.57 Å². The van der Waals surface area contributed by atoms with Crippen molar-refractivity contribution in [1.29, 1.82) is 0 Å². The maximum atomic E-state index is 3.73. The molecular formula is C19H15N. The van der Waals surface area contributed by atoms with Crippen LogP contribution in [0.1, 0.15) is 22.6 Å². The summed E-state index contributed by atoms with van der Waals surface area (Å²) in [7, 11) is 0. The largest absolute Gasteiger partial charge is 0.377 e. The van der Waals surface area contributed by atoms with E-state index in [1.54, 1.807) is 5.57 Å². The lowest BCUT2D eigenvalue weighted by Crippen LogP contribution is -2.24. The van der Waals surface area contributed by atoms with Crippen LogP contribution in [-0.4, -0.2) is 6.04 Å². The smallest absolute Gasteiger partial charge is 0.0590 e. The van der Waals surface area contributed by atoms with Gasteiger partial charge in [-0.05, 0) is 40.3 Å². The van der Waals surface area contributed by atoms with E-state index in [4.69, 9.17) is 0 Å². The molecule has 1 heterocycles. The summed E-state index contributed by atoms with van der Waals surface area (Å²) < 4.78 is 0. The highest BCUT2D eigenvalue weighted by Gasteiger charge is 2.38. The van der Waals surface area contributed by atoms with Crippen molar-refractivity contribution < 1.29 is 0 Å². The van der Waals surface area contributed by atoms with Crippen LogP contribution in [0.4, 0.5) is 5.69 Å². The van der Waals surface area contributed by atoms with Gasteiger partial charge in [-0.15, -0.1) is 0 Å². The Labute approximate surface area is 118 Å². The molecule has 0 radical (unpaired) electrons. The van der Waals surface area contributed by atoms with Gasteiger partial charge in [0.05, 0.1) is 6.04 Å². The van der Waals surface area contributed by atoms with Gasteiger partial charge in [-0.25, -0.2) is 0 Å². The first kappa shape index (κ1) is 10.5. The molecule has 2 aromatic rings. The average Bonchev–Trinajstić information content (AvgIpc) is 3.05. The van der Waals surface area contributed by atoms with E-state index in [0.29, 0.717) is 12.0 Å². The second-order valence-electron chi connectivity index (χ2n) is 5.87. The molecule has 96 valence electrons. The van der Waals surface area contributed by atoms with E-state index in [2.05, 4.69) is 66.0 Å². The minimum Gasteiger partial charge on any atom is -0.377 e. The second-order valence-corrected chi connectivity index (χ2v) is 5.87. The molecule has 2 aromatic carbocycles. The Hall–Kier alpha value is -2.28. The molecule has 0 spiro atoms. The average molecular weight is 257 g/mol. The van der Waals surface area contributed by atoms with Crippen LogP contribution >= 0.6 is 0 Å². The van der Waals surface area contributed by atoms with Crippen molar-refractivity contribution in [1.82, 2.24) is 0 Å². The van der Waals surface area contributed by atoms with Gasteiger partial charge < -0.3 is 5.32 Å². The van der Waals surface area contributed by atoms with Gasteiger partial charge in [0.1, 0.15) is 0 Å². The second kappa shape index (κ2) is 3.63. The number of hydrogen-bond acceptors (Lipinski definition) is 1. The van der Waals surface area contributed by atoms with Crippen molar-refractivity contribution in [3.05, 3.63) is 82.9 Å². The molecule has 0 aromatic heterocycles. The number of para-hydroxylation sites is 1. The summed E-state index contributed by atoms with van der Waals surface area (Å²) in [6, 6.07) is 18.0. The molecule has 2 unspecified atom stereocenters. The predicted molar refractivity (Wildman–Crippen MR) is 82.8 cm³/mol. The lowest BCUT2D eigenvalue weighted by Gasteiger charge is -2.24. The number of benzene rings is 2. The molecule has 0 saturated heterocycles. The van der Waals surface area contributed by atoms with Crippen LogP contribution < -0.4 is 5.32 Å². The molecule has 1 N–H and O–H groups in total. The Morgan fingerprint density at radius 2 is 1.80 bits per heavy atom. The van der Waals surface area contributed by atoms with Crippen LogP contribution in [0.15, 0.2) is 66.3 Å². The van der Waals surface area contributed by atoms with Gasteiger partial charge in [0, 0.05) is 11.6 Å². The van der Waals surface area contributed by atoms with Gasteiger partial charge in [0.15, 0.2) is 0 Å². The van der Waals surface area contributed by atoms with Crippen LogP contribution in [0.5, 0.6) is 0 Å². The maximum Gasteiger partial charge on any atom is 0.0590 e. The van der Waals surface area contributed by atoms with Gasteiger partial charge >= 0.3 is 0 Å². The first-order chi connectivity index (χ1) is 9.92. The van der Waals surface area contributed by atoms with Gasteiger partial charge in [0.25, 0.3) is 0 Å². The van der Waals surface area contributed by atoms with Crippen molar-refractivity contribution in [3.63, 3.8) is 0 Å². The Balaban J connectivity index is 1.65. The number of rotatable bonds is 0. The van der Waals surface area contributed by atoms with Crippen LogP contribution in [-0.2, 0) is 6.42 Å². The quantitative estimate of drug-likeness (QED) is 0.747. The third-order valence-electron chi connectivity index (χ3n) is 4.87. The Kier molecular flexibility index (Phi) is 1.91. The number of nitrogens with one attached hydrogen (secondary N) is 1. The highest BCUT2D eigenvalue weighted by Crippen LogP contribution is 2.48. The van der Waals surface area contributed by atoms with Gasteiger partial charge in [-0.2, -0.15) is 0 Å². The fourth-order valence-electron chi connectivity index (χ4n) is 3.96. The molecule has 2 aliphatic carbocycles. The normalized spacial score (nSPS) is 24.8. The monoisotopic (exact) mass is 257 g/mol. The molecule has 0 bridgehead atoms. The SMILES string of the molecule is C1=CC2c3ccccc3NC2C2=C1c1ccccc1C2. The minimum atomic E-state index is 0.444.